The van der Waals surface area contributed by atoms with Gasteiger partial charge in [0.25, 0.3) is 0 Å². The second-order valence-electron chi connectivity index (χ2n) is 4.29. The van der Waals surface area contributed by atoms with E-state index in [2.05, 4.69) is 22.3 Å². The summed E-state index contributed by atoms with van der Waals surface area (Å²) in [5.41, 5.74) is 1.22. The van der Waals surface area contributed by atoms with Crippen molar-refractivity contribution in [2.75, 3.05) is 6.54 Å². The first-order valence-electron chi connectivity index (χ1n) is 6.19. The molecule has 2 rings (SSSR count). The van der Waals surface area contributed by atoms with Crippen LogP contribution in [0.3, 0.4) is 0 Å². The SMILES string of the molecule is CCCNCc1ccnc(-n2cc(Cl)c(C)n2)c1F. The maximum absolute atomic E-state index is 14.3. The minimum atomic E-state index is -0.370. The van der Waals surface area contributed by atoms with Crippen LogP contribution in [-0.2, 0) is 6.54 Å². The number of rotatable bonds is 5. The highest BCUT2D eigenvalue weighted by Gasteiger charge is 2.13. The van der Waals surface area contributed by atoms with Gasteiger partial charge in [-0.2, -0.15) is 5.10 Å². The molecule has 0 aliphatic rings. The third-order valence-corrected chi connectivity index (χ3v) is 3.12. The van der Waals surface area contributed by atoms with Crippen LogP contribution in [0.25, 0.3) is 5.82 Å². The Morgan fingerprint density at radius 3 is 2.89 bits per heavy atom. The fourth-order valence-electron chi connectivity index (χ4n) is 1.71. The number of hydrogen-bond acceptors (Lipinski definition) is 3. The Kier molecular flexibility index (Phi) is 4.50. The molecule has 4 nitrogen and oxygen atoms in total. The lowest BCUT2D eigenvalue weighted by Crippen LogP contribution is -2.16. The van der Waals surface area contributed by atoms with E-state index in [9.17, 15) is 4.39 Å². The summed E-state index contributed by atoms with van der Waals surface area (Å²) in [5.74, 6) is -0.198. The fourth-order valence-corrected chi connectivity index (χ4v) is 1.85. The minimum Gasteiger partial charge on any atom is -0.313 e. The number of hydrogen-bond donors (Lipinski definition) is 1. The van der Waals surface area contributed by atoms with Gasteiger partial charge in [0.05, 0.1) is 16.9 Å². The molecule has 0 bridgehead atoms. The van der Waals surface area contributed by atoms with Crippen molar-refractivity contribution >= 4 is 11.6 Å². The minimum absolute atomic E-state index is 0.172. The fraction of sp³-hybridized carbons (Fsp3) is 0.385. The quantitative estimate of drug-likeness (QED) is 0.858. The molecule has 0 unspecified atom stereocenters. The molecule has 0 spiro atoms. The van der Waals surface area contributed by atoms with Gasteiger partial charge in [0, 0.05) is 18.3 Å². The number of halogens is 2. The van der Waals surface area contributed by atoms with Crippen molar-refractivity contribution in [3.63, 3.8) is 0 Å². The second-order valence-corrected chi connectivity index (χ2v) is 4.70. The van der Waals surface area contributed by atoms with E-state index in [0.29, 0.717) is 22.8 Å². The largest absolute Gasteiger partial charge is 0.313 e. The van der Waals surface area contributed by atoms with Crippen LogP contribution in [0.15, 0.2) is 18.5 Å². The van der Waals surface area contributed by atoms with E-state index in [1.165, 1.54) is 4.68 Å². The molecule has 0 aliphatic carbocycles. The summed E-state index contributed by atoms with van der Waals surface area (Å²) in [4.78, 5) is 4.03. The summed E-state index contributed by atoms with van der Waals surface area (Å²) in [6.45, 7) is 5.16. The standard InChI is InChI=1S/C13H16ClFN4/c1-3-5-16-7-10-4-6-17-13(12(10)15)19-8-11(14)9(2)18-19/h4,6,8,16H,3,5,7H2,1-2H3. The van der Waals surface area contributed by atoms with Crippen molar-refractivity contribution < 1.29 is 4.39 Å². The van der Waals surface area contributed by atoms with Gasteiger partial charge in [0.2, 0.25) is 0 Å². The van der Waals surface area contributed by atoms with Crippen molar-refractivity contribution in [1.29, 1.82) is 0 Å². The number of aromatic nitrogens is 3. The molecule has 6 heteroatoms. The molecule has 0 amide bonds. The van der Waals surface area contributed by atoms with Gasteiger partial charge in [-0.25, -0.2) is 14.1 Å². The Labute approximate surface area is 116 Å². The van der Waals surface area contributed by atoms with Crippen LogP contribution in [0.1, 0.15) is 24.6 Å². The van der Waals surface area contributed by atoms with E-state index in [0.717, 1.165) is 13.0 Å². The average Bonchev–Trinajstić information content (AvgIpc) is 2.72. The summed E-state index contributed by atoms with van der Waals surface area (Å²) in [6.07, 6.45) is 4.14. The summed E-state index contributed by atoms with van der Waals surface area (Å²) in [5, 5.41) is 7.80. The topological polar surface area (TPSA) is 42.7 Å². The number of nitrogens with zero attached hydrogens (tertiary/aromatic N) is 3. The molecule has 0 radical (unpaired) electrons. The summed E-state index contributed by atoms with van der Waals surface area (Å²) >= 11 is 5.93. The number of nitrogens with one attached hydrogen (secondary N) is 1. The molecular weight excluding hydrogens is 267 g/mol. The maximum atomic E-state index is 14.3. The van der Waals surface area contributed by atoms with Crippen molar-refractivity contribution in [3.05, 3.63) is 40.6 Å². The van der Waals surface area contributed by atoms with Crippen LogP contribution in [0.5, 0.6) is 0 Å². The third-order valence-electron chi connectivity index (χ3n) is 2.75. The monoisotopic (exact) mass is 282 g/mol. The van der Waals surface area contributed by atoms with E-state index in [1.54, 1.807) is 25.4 Å². The van der Waals surface area contributed by atoms with Gasteiger partial charge in [-0.05, 0) is 26.0 Å². The molecule has 0 saturated carbocycles. The molecule has 2 heterocycles. The highest BCUT2D eigenvalue weighted by molar-refractivity contribution is 6.31. The van der Waals surface area contributed by atoms with Crippen LogP contribution in [-0.4, -0.2) is 21.3 Å². The first-order valence-corrected chi connectivity index (χ1v) is 6.57. The van der Waals surface area contributed by atoms with Gasteiger partial charge in [-0.1, -0.05) is 18.5 Å². The van der Waals surface area contributed by atoms with Gasteiger partial charge in [0.15, 0.2) is 11.6 Å². The first kappa shape index (κ1) is 14.0. The number of pyridine rings is 1. The first-order chi connectivity index (χ1) is 9.13. The summed E-state index contributed by atoms with van der Waals surface area (Å²) in [7, 11) is 0. The van der Waals surface area contributed by atoms with Crippen LogP contribution in [0, 0.1) is 12.7 Å². The van der Waals surface area contributed by atoms with Crippen molar-refractivity contribution in [2.45, 2.75) is 26.8 Å². The number of aryl methyl sites for hydroxylation is 1. The molecule has 0 aliphatic heterocycles. The van der Waals surface area contributed by atoms with Crippen LogP contribution in [0.2, 0.25) is 5.02 Å². The van der Waals surface area contributed by atoms with Crippen molar-refractivity contribution in [1.82, 2.24) is 20.1 Å². The molecule has 1 N–H and O–H groups in total. The average molecular weight is 283 g/mol. The Balaban J connectivity index is 2.29. The lowest BCUT2D eigenvalue weighted by Gasteiger charge is -2.08. The zero-order chi connectivity index (χ0) is 13.8. The molecule has 19 heavy (non-hydrogen) atoms. The van der Waals surface area contributed by atoms with E-state index in [-0.39, 0.29) is 11.6 Å². The van der Waals surface area contributed by atoms with E-state index in [1.807, 2.05) is 0 Å². The van der Waals surface area contributed by atoms with E-state index >= 15 is 0 Å². The van der Waals surface area contributed by atoms with Crippen molar-refractivity contribution in [2.24, 2.45) is 0 Å². The lowest BCUT2D eigenvalue weighted by atomic mass is 10.2. The molecule has 102 valence electrons. The maximum Gasteiger partial charge on any atom is 0.190 e. The predicted octanol–water partition coefficient (Wildman–Crippen LogP) is 2.87. The van der Waals surface area contributed by atoms with Gasteiger partial charge < -0.3 is 5.32 Å². The lowest BCUT2D eigenvalue weighted by molar-refractivity contribution is 0.566. The van der Waals surface area contributed by atoms with Crippen molar-refractivity contribution in [3.8, 4) is 5.82 Å². The Morgan fingerprint density at radius 2 is 2.26 bits per heavy atom. The van der Waals surface area contributed by atoms with Crippen LogP contribution < -0.4 is 5.32 Å². The van der Waals surface area contributed by atoms with Gasteiger partial charge >= 0.3 is 0 Å². The zero-order valence-corrected chi connectivity index (χ0v) is 11.7. The van der Waals surface area contributed by atoms with Gasteiger partial charge in [-0.15, -0.1) is 0 Å². The van der Waals surface area contributed by atoms with E-state index in [4.69, 9.17) is 11.6 Å². The van der Waals surface area contributed by atoms with Gasteiger partial charge in [-0.3, -0.25) is 0 Å². The predicted molar refractivity (Wildman–Crippen MR) is 73.1 cm³/mol. The molecular formula is C13H16ClFN4. The second kappa shape index (κ2) is 6.12. The molecule has 0 atom stereocenters. The Morgan fingerprint density at radius 1 is 1.47 bits per heavy atom. The molecule has 0 fully saturated rings. The zero-order valence-electron chi connectivity index (χ0n) is 11.0. The smallest absolute Gasteiger partial charge is 0.190 e. The summed E-state index contributed by atoms with van der Waals surface area (Å²) in [6, 6.07) is 1.67. The van der Waals surface area contributed by atoms with E-state index < -0.39 is 0 Å². The van der Waals surface area contributed by atoms with Crippen LogP contribution in [0.4, 0.5) is 4.39 Å². The van der Waals surface area contributed by atoms with Crippen LogP contribution >= 0.6 is 11.6 Å². The molecule has 2 aromatic rings. The molecule has 2 aromatic heterocycles. The van der Waals surface area contributed by atoms with Gasteiger partial charge in [0.1, 0.15) is 0 Å². The summed E-state index contributed by atoms with van der Waals surface area (Å²) < 4.78 is 15.7. The highest BCUT2D eigenvalue weighted by Crippen LogP contribution is 2.18. The molecule has 0 saturated heterocycles. The normalized spacial score (nSPS) is 10.9. The highest BCUT2D eigenvalue weighted by atomic mass is 35.5. The third kappa shape index (κ3) is 3.11. The molecule has 0 aromatic carbocycles. The Hall–Kier alpha value is -1.46. The Bertz CT molecular complexity index is 548.